The van der Waals surface area contributed by atoms with Crippen molar-refractivity contribution in [2.24, 2.45) is 0 Å². The Balaban J connectivity index is 1.74. The van der Waals surface area contributed by atoms with Gasteiger partial charge in [0.1, 0.15) is 10.7 Å². The molecule has 3 heterocycles. The number of hydrogen-bond acceptors (Lipinski definition) is 7. The first-order valence-corrected chi connectivity index (χ1v) is 9.18. The minimum absolute atomic E-state index is 0.289. The van der Waals surface area contributed by atoms with Gasteiger partial charge < -0.3 is 20.5 Å². The number of aliphatic hydroxyl groups is 1. The molecule has 1 aliphatic heterocycles. The molecule has 26 heavy (non-hydrogen) atoms. The van der Waals surface area contributed by atoms with Gasteiger partial charge in [0.2, 0.25) is 0 Å². The molecule has 0 saturated carbocycles. The lowest BCUT2D eigenvalue weighted by molar-refractivity contribution is 0.0606. The van der Waals surface area contributed by atoms with Crippen molar-refractivity contribution in [3.8, 4) is 11.1 Å². The molecule has 1 aromatic carbocycles. The fourth-order valence-electron chi connectivity index (χ4n) is 3.32. The van der Waals surface area contributed by atoms with Gasteiger partial charge in [0.15, 0.2) is 0 Å². The summed E-state index contributed by atoms with van der Waals surface area (Å²) in [5.41, 5.74) is 8.63. The number of esters is 1. The number of hydrogen-bond donors (Lipinski definition) is 2. The molecule has 4 rings (SSSR count). The highest BCUT2D eigenvalue weighted by atomic mass is 32.1. The van der Waals surface area contributed by atoms with Crippen molar-refractivity contribution in [1.82, 2.24) is 4.98 Å². The molecule has 0 spiro atoms. The Bertz CT molecular complexity index is 968. The fourth-order valence-corrected chi connectivity index (χ4v) is 4.31. The number of carbonyl (C=O) groups is 1. The maximum atomic E-state index is 11.9. The average molecular weight is 369 g/mol. The molecule has 0 aliphatic carbocycles. The number of anilines is 2. The first-order valence-electron chi connectivity index (χ1n) is 8.36. The van der Waals surface area contributed by atoms with E-state index in [1.54, 1.807) is 6.20 Å². The lowest BCUT2D eigenvalue weighted by Crippen LogP contribution is -2.21. The quantitative estimate of drug-likeness (QED) is 0.545. The summed E-state index contributed by atoms with van der Waals surface area (Å²) in [4.78, 5) is 19.0. The highest BCUT2D eigenvalue weighted by Crippen LogP contribution is 2.38. The second-order valence-corrected chi connectivity index (χ2v) is 7.42. The molecular formula is C19H19N3O3S. The average Bonchev–Trinajstić information content (AvgIpc) is 3.27. The standard InChI is InChI=1S/C19H19N3O3S/c1-25-19(24)16-8-13-15(26-16)4-3-14(20)18(13)11-2-5-17(21-9-11)22-7-6-12(23)10-22/h2-5,8-9,12,23H,6-7,10,20H2,1H3/t12-/m1/s1. The molecule has 6 nitrogen and oxygen atoms in total. The predicted octanol–water partition coefficient (Wildman–Crippen LogP) is 2.90. The maximum Gasteiger partial charge on any atom is 0.348 e. The SMILES string of the molecule is COC(=O)c1cc2c(-c3ccc(N4CC[C@@H](O)C4)nc3)c(N)ccc2s1. The van der Waals surface area contributed by atoms with Crippen LogP contribution in [0.3, 0.4) is 0 Å². The van der Waals surface area contributed by atoms with Crippen molar-refractivity contribution in [1.29, 1.82) is 0 Å². The first-order chi connectivity index (χ1) is 12.6. The van der Waals surface area contributed by atoms with Crippen LogP contribution >= 0.6 is 11.3 Å². The third kappa shape index (κ3) is 2.89. The van der Waals surface area contributed by atoms with Gasteiger partial charge in [-0.15, -0.1) is 11.3 Å². The number of nitrogen functional groups attached to an aromatic ring is 1. The number of thiophene rings is 1. The molecule has 0 bridgehead atoms. The van der Waals surface area contributed by atoms with Crippen molar-refractivity contribution in [2.75, 3.05) is 30.8 Å². The van der Waals surface area contributed by atoms with Gasteiger partial charge >= 0.3 is 5.97 Å². The second kappa shape index (κ2) is 6.59. The van der Waals surface area contributed by atoms with E-state index < -0.39 is 0 Å². The van der Waals surface area contributed by atoms with Crippen molar-refractivity contribution >= 4 is 38.9 Å². The van der Waals surface area contributed by atoms with Gasteiger partial charge in [-0.05, 0) is 36.8 Å². The van der Waals surface area contributed by atoms with Crippen LogP contribution in [-0.2, 0) is 4.74 Å². The zero-order valence-corrected chi connectivity index (χ0v) is 15.1. The zero-order valence-electron chi connectivity index (χ0n) is 14.3. The molecule has 2 aromatic heterocycles. The van der Waals surface area contributed by atoms with Gasteiger partial charge in [0.05, 0.1) is 13.2 Å². The van der Waals surface area contributed by atoms with Crippen LogP contribution in [0.25, 0.3) is 21.2 Å². The Kier molecular flexibility index (Phi) is 4.26. The van der Waals surface area contributed by atoms with E-state index in [0.29, 0.717) is 17.1 Å². The largest absolute Gasteiger partial charge is 0.465 e. The molecule has 0 amide bonds. The van der Waals surface area contributed by atoms with E-state index in [1.807, 2.05) is 30.3 Å². The first kappa shape index (κ1) is 16.8. The topological polar surface area (TPSA) is 88.7 Å². The lowest BCUT2D eigenvalue weighted by Gasteiger charge is -2.17. The number of methoxy groups -OCH3 is 1. The molecule has 0 radical (unpaired) electrons. The van der Waals surface area contributed by atoms with Gasteiger partial charge in [-0.25, -0.2) is 9.78 Å². The minimum atomic E-state index is -0.350. The number of β-amino-alcohol motifs (C(OH)–C–C–N with tert-alkyl or cyclic N) is 1. The monoisotopic (exact) mass is 369 g/mol. The third-order valence-corrected chi connectivity index (χ3v) is 5.72. The maximum absolute atomic E-state index is 11.9. The van der Waals surface area contributed by atoms with Crippen LogP contribution in [0.15, 0.2) is 36.5 Å². The predicted molar refractivity (Wildman–Crippen MR) is 104 cm³/mol. The smallest absolute Gasteiger partial charge is 0.348 e. The molecule has 3 aromatic rings. The van der Waals surface area contributed by atoms with E-state index in [0.717, 1.165) is 40.0 Å². The van der Waals surface area contributed by atoms with Crippen LogP contribution in [0.4, 0.5) is 11.5 Å². The zero-order chi connectivity index (χ0) is 18.3. The van der Waals surface area contributed by atoms with E-state index in [9.17, 15) is 9.90 Å². The summed E-state index contributed by atoms with van der Waals surface area (Å²) < 4.78 is 5.80. The number of ether oxygens (including phenoxy) is 1. The second-order valence-electron chi connectivity index (χ2n) is 6.34. The van der Waals surface area contributed by atoms with Crippen molar-refractivity contribution in [2.45, 2.75) is 12.5 Å². The number of aromatic nitrogens is 1. The van der Waals surface area contributed by atoms with Crippen LogP contribution in [0, 0.1) is 0 Å². The van der Waals surface area contributed by atoms with Crippen molar-refractivity contribution in [3.05, 3.63) is 41.4 Å². The lowest BCUT2D eigenvalue weighted by atomic mass is 10.0. The summed E-state index contributed by atoms with van der Waals surface area (Å²) >= 11 is 1.38. The summed E-state index contributed by atoms with van der Waals surface area (Å²) in [6, 6.07) is 9.51. The minimum Gasteiger partial charge on any atom is -0.465 e. The van der Waals surface area contributed by atoms with Crippen molar-refractivity contribution in [3.63, 3.8) is 0 Å². The van der Waals surface area contributed by atoms with Gasteiger partial charge in [-0.2, -0.15) is 0 Å². The summed E-state index contributed by atoms with van der Waals surface area (Å²) in [5.74, 6) is 0.494. The summed E-state index contributed by atoms with van der Waals surface area (Å²) in [6.45, 7) is 1.41. The number of benzene rings is 1. The van der Waals surface area contributed by atoms with Crippen LogP contribution < -0.4 is 10.6 Å². The normalized spacial score (nSPS) is 17.0. The van der Waals surface area contributed by atoms with Crippen LogP contribution in [0.2, 0.25) is 0 Å². The van der Waals surface area contributed by atoms with E-state index in [2.05, 4.69) is 9.88 Å². The van der Waals surface area contributed by atoms with E-state index in [4.69, 9.17) is 10.5 Å². The summed E-state index contributed by atoms with van der Waals surface area (Å²) in [7, 11) is 1.37. The Morgan fingerprint density at radius 2 is 2.23 bits per heavy atom. The highest BCUT2D eigenvalue weighted by molar-refractivity contribution is 7.20. The Morgan fingerprint density at radius 3 is 2.88 bits per heavy atom. The summed E-state index contributed by atoms with van der Waals surface area (Å²) in [6.07, 6.45) is 2.27. The molecule has 1 fully saturated rings. The Labute approximate surface area is 154 Å². The van der Waals surface area contributed by atoms with Crippen molar-refractivity contribution < 1.29 is 14.6 Å². The van der Waals surface area contributed by atoms with Gasteiger partial charge in [-0.3, -0.25) is 0 Å². The highest BCUT2D eigenvalue weighted by Gasteiger charge is 2.21. The molecular weight excluding hydrogens is 350 g/mol. The summed E-state index contributed by atoms with van der Waals surface area (Å²) in [5, 5.41) is 10.6. The van der Waals surface area contributed by atoms with Crippen LogP contribution in [0.5, 0.6) is 0 Å². The number of carbonyl (C=O) groups excluding carboxylic acids is 1. The molecule has 1 atom stereocenters. The number of rotatable bonds is 3. The molecule has 3 N–H and O–H groups in total. The third-order valence-electron chi connectivity index (χ3n) is 4.64. The molecule has 0 unspecified atom stereocenters. The van der Waals surface area contributed by atoms with Crippen LogP contribution in [0.1, 0.15) is 16.1 Å². The Morgan fingerprint density at radius 1 is 1.38 bits per heavy atom. The number of fused-ring (bicyclic) bond motifs is 1. The number of aliphatic hydroxyl groups excluding tert-OH is 1. The molecule has 7 heteroatoms. The van der Waals surface area contributed by atoms with E-state index in [-0.39, 0.29) is 12.1 Å². The van der Waals surface area contributed by atoms with E-state index >= 15 is 0 Å². The van der Waals surface area contributed by atoms with E-state index in [1.165, 1.54) is 18.4 Å². The van der Waals surface area contributed by atoms with Gasteiger partial charge in [0, 0.05) is 46.2 Å². The molecule has 134 valence electrons. The Hall–Kier alpha value is -2.64. The van der Waals surface area contributed by atoms with Gasteiger partial charge in [-0.1, -0.05) is 0 Å². The fraction of sp³-hybridized carbons (Fsp3) is 0.263. The number of nitrogens with zero attached hydrogens (tertiary/aromatic N) is 2. The number of nitrogens with two attached hydrogens (primary N) is 1. The molecule has 1 aliphatic rings. The number of pyridine rings is 1. The van der Waals surface area contributed by atoms with Gasteiger partial charge in [0.25, 0.3) is 0 Å². The molecule has 1 saturated heterocycles. The van der Waals surface area contributed by atoms with Crippen LogP contribution in [-0.4, -0.2) is 42.4 Å².